The lowest BCUT2D eigenvalue weighted by Crippen LogP contribution is -2.43. The Kier molecular flexibility index (Phi) is 5.47. The molecule has 0 saturated carbocycles. The van der Waals surface area contributed by atoms with E-state index in [1.54, 1.807) is 12.1 Å². The minimum absolute atomic E-state index is 0.0344. The minimum atomic E-state index is -0.595. The summed E-state index contributed by atoms with van der Waals surface area (Å²) in [4.78, 5) is 26.2. The Morgan fingerprint density at radius 3 is 2.65 bits per heavy atom. The van der Waals surface area contributed by atoms with Crippen molar-refractivity contribution in [2.24, 2.45) is 0 Å². The fourth-order valence-electron chi connectivity index (χ4n) is 4.56. The van der Waals surface area contributed by atoms with Gasteiger partial charge in [0.25, 0.3) is 0 Å². The van der Waals surface area contributed by atoms with Gasteiger partial charge in [-0.25, -0.2) is 14.8 Å². The summed E-state index contributed by atoms with van der Waals surface area (Å²) < 4.78 is 10.9. The molecule has 9 heteroatoms. The van der Waals surface area contributed by atoms with E-state index in [0.717, 1.165) is 56.1 Å². The van der Waals surface area contributed by atoms with E-state index in [1.165, 1.54) is 5.56 Å². The van der Waals surface area contributed by atoms with Gasteiger partial charge < -0.3 is 19.5 Å². The van der Waals surface area contributed by atoms with Crippen molar-refractivity contribution in [2.45, 2.75) is 38.1 Å². The van der Waals surface area contributed by atoms with Crippen LogP contribution in [-0.2, 0) is 22.6 Å². The summed E-state index contributed by atoms with van der Waals surface area (Å²) in [6, 6.07) is 7.39. The van der Waals surface area contributed by atoms with Crippen molar-refractivity contribution in [1.82, 2.24) is 14.9 Å². The number of nitrogens with zero attached hydrogens (tertiary/aromatic N) is 4. The molecule has 2 unspecified atom stereocenters. The smallest absolute Gasteiger partial charge is 0.411 e. The van der Waals surface area contributed by atoms with Crippen LogP contribution in [0.4, 0.5) is 16.3 Å². The van der Waals surface area contributed by atoms with Gasteiger partial charge in [0.1, 0.15) is 12.4 Å². The number of fused-ring (bicyclic) bond motifs is 3. The van der Waals surface area contributed by atoms with Gasteiger partial charge in [0.15, 0.2) is 5.82 Å². The molecule has 31 heavy (non-hydrogen) atoms. The van der Waals surface area contributed by atoms with Gasteiger partial charge in [-0.15, -0.1) is 0 Å². The number of amides is 1. The van der Waals surface area contributed by atoms with Crippen molar-refractivity contribution in [1.29, 1.82) is 0 Å². The zero-order valence-corrected chi connectivity index (χ0v) is 17.6. The average molecular weight is 425 g/mol. The summed E-state index contributed by atoms with van der Waals surface area (Å²) in [5.41, 5.74) is 3.80. The molecular formula is C22H27N5O4. The third-order valence-electron chi connectivity index (χ3n) is 5.98. The number of hydrogen-bond donors (Lipinski definition) is 2. The molecule has 2 aromatic rings. The normalized spacial score (nSPS) is 22.5. The highest BCUT2D eigenvalue weighted by atomic mass is 16.6. The maximum Gasteiger partial charge on any atom is 0.411 e. The molecule has 1 aromatic carbocycles. The van der Waals surface area contributed by atoms with Gasteiger partial charge in [0, 0.05) is 43.0 Å². The Bertz CT molecular complexity index is 955. The highest BCUT2D eigenvalue weighted by molar-refractivity contribution is 5.85. The Balaban J connectivity index is 1.41. The van der Waals surface area contributed by atoms with Crippen molar-refractivity contribution in [3.05, 3.63) is 35.5 Å². The maximum atomic E-state index is 11.7. The number of carbonyl (C=O) groups excluding carboxylic acids is 1. The first kappa shape index (κ1) is 20.2. The van der Waals surface area contributed by atoms with E-state index in [1.807, 2.05) is 12.1 Å². The number of aliphatic hydroxyl groups excluding tert-OH is 1. The molecule has 5 rings (SSSR count). The number of rotatable bonds is 5. The Labute approximate surface area is 181 Å². The highest BCUT2D eigenvalue weighted by Gasteiger charge is 2.36. The first-order valence-corrected chi connectivity index (χ1v) is 10.7. The van der Waals surface area contributed by atoms with Crippen molar-refractivity contribution in [3.8, 4) is 11.4 Å². The second-order valence-electron chi connectivity index (χ2n) is 8.39. The van der Waals surface area contributed by atoms with Gasteiger partial charge in [-0.05, 0) is 44.2 Å². The van der Waals surface area contributed by atoms with Gasteiger partial charge in [0.05, 0.1) is 24.5 Å². The molecule has 164 valence electrons. The lowest BCUT2D eigenvalue weighted by molar-refractivity contribution is 0.0301. The van der Waals surface area contributed by atoms with Gasteiger partial charge >= 0.3 is 6.09 Å². The quantitative estimate of drug-likeness (QED) is 0.750. The van der Waals surface area contributed by atoms with Crippen LogP contribution < -0.4 is 10.2 Å². The predicted octanol–water partition coefficient (Wildman–Crippen LogP) is 2.00. The first-order valence-electron chi connectivity index (χ1n) is 10.7. The van der Waals surface area contributed by atoms with Crippen LogP contribution in [0.1, 0.15) is 24.1 Å². The van der Waals surface area contributed by atoms with Crippen molar-refractivity contribution in [2.75, 3.05) is 43.6 Å². The summed E-state index contributed by atoms with van der Waals surface area (Å²) in [5.74, 6) is 1.72. The second-order valence-corrected chi connectivity index (χ2v) is 8.39. The van der Waals surface area contributed by atoms with E-state index in [4.69, 9.17) is 24.5 Å². The lowest BCUT2D eigenvalue weighted by Gasteiger charge is -2.34. The van der Waals surface area contributed by atoms with Gasteiger partial charge in [-0.1, -0.05) is 0 Å². The number of morpholine rings is 1. The number of nitrogens with one attached hydrogen (secondary N) is 1. The highest BCUT2D eigenvalue weighted by Crippen LogP contribution is 2.35. The molecule has 9 nitrogen and oxygen atoms in total. The fraction of sp³-hybridized carbons (Fsp3) is 0.500. The van der Waals surface area contributed by atoms with Crippen LogP contribution in [0.2, 0.25) is 0 Å². The molecule has 0 aliphatic carbocycles. The molecule has 3 aliphatic rings. The van der Waals surface area contributed by atoms with Crippen LogP contribution in [0.25, 0.3) is 11.4 Å². The third-order valence-corrected chi connectivity index (χ3v) is 5.98. The topological polar surface area (TPSA) is 100 Å². The Hall–Kier alpha value is -2.75. The molecule has 1 amide bonds. The number of aliphatic hydroxyl groups is 1. The van der Waals surface area contributed by atoms with Crippen molar-refractivity contribution in [3.63, 3.8) is 0 Å². The van der Waals surface area contributed by atoms with Gasteiger partial charge in [-0.3, -0.25) is 10.2 Å². The number of aromatic nitrogens is 2. The average Bonchev–Trinajstić information content (AvgIpc) is 3.32. The van der Waals surface area contributed by atoms with Crippen LogP contribution in [0.5, 0.6) is 0 Å². The molecule has 2 bridgehead atoms. The molecule has 2 saturated heterocycles. The Morgan fingerprint density at radius 2 is 1.94 bits per heavy atom. The number of carbonyl (C=O) groups is 1. The second kappa shape index (κ2) is 8.41. The molecule has 2 fully saturated rings. The monoisotopic (exact) mass is 425 g/mol. The van der Waals surface area contributed by atoms with E-state index in [-0.39, 0.29) is 13.2 Å². The Morgan fingerprint density at radius 1 is 1.19 bits per heavy atom. The first-order chi connectivity index (χ1) is 15.1. The number of ether oxygens (including phenoxy) is 2. The molecule has 1 aromatic heterocycles. The van der Waals surface area contributed by atoms with Crippen LogP contribution >= 0.6 is 0 Å². The van der Waals surface area contributed by atoms with Crippen LogP contribution in [0.3, 0.4) is 0 Å². The zero-order chi connectivity index (χ0) is 21.4. The third kappa shape index (κ3) is 4.21. The summed E-state index contributed by atoms with van der Waals surface area (Å²) in [6.45, 7) is 3.18. The molecule has 4 heterocycles. The largest absolute Gasteiger partial charge is 0.447 e. The maximum absolute atomic E-state index is 11.7. The van der Waals surface area contributed by atoms with Crippen molar-refractivity contribution >= 4 is 17.6 Å². The SMILES string of the molecule is CN1Cc2nc(-c3ccc(NC(=O)OCCO)cc3)nc(N3CC4CCC(C3)O4)c2C1. The van der Waals surface area contributed by atoms with E-state index in [9.17, 15) is 4.79 Å². The van der Waals surface area contributed by atoms with Crippen LogP contribution in [-0.4, -0.2) is 71.6 Å². The van der Waals surface area contributed by atoms with Crippen molar-refractivity contribution < 1.29 is 19.4 Å². The molecule has 3 aliphatic heterocycles. The number of benzene rings is 1. The molecule has 0 radical (unpaired) electrons. The summed E-state index contributed by atoms with van der Waals surface area (Å²) in [5, 5.41) is 11.4. The molecule has 2 atom stereocenters. The number of anilines is 2. The predicted molar refractivity (Wildman–Crippen MR) is 115 cm³/mol. The molecular weight excluding hydrogens is 398 g/mol. The summed E-state index contributed by atoms with van der Waals surface area (Å²) in [6.07, 6.45) is 2.24. The van der Waals surface area contributed by atoms with E-state index in [0.29, 0.717) is 23.7 Å². The zero-order valence-electron chi connectivity index (χ0n) is 17.6. The van der Waals surface area contributed by atoms with E-state index in [2.05, 4.69) is 22.2 Å². The fourth-order valence-corrected chi connectivity index (χ4v) is 4.56. The number of hydrogen-bond acceptors (Lipinski definition) is 8. The van der Waals surface area contributed by atoms with E-state index < -0.39 is 6.09 Å². The lowest BCUT2D eigenvalue weighted by atomic mass is 10.1. The minimum Gasteiger partial charge on any atom is -0.447 e. The van der Waals surface area contributed by atoms with Gasteiger partial charge in [-0.2, -0.15) is 0 Å². The summed E-state index contributed by atoms with van der Waals surface area (Å²) in [7, 11) is 2.10. The van der Waals surface area contributed by atoms with Gasteiger partial charge in [0.2, 0.25) is 0 Å². The summed E-state index contributed by atoms with van der Waals surface area (Å²) >= 11 is 0. The van der Waals surface area contributed by atoms with Crippen LogP contribution in [0.15, 0.2) is 24.3 Å². The van der Waals surface area contributed by atoms with Crippen LogP contribution in [0, 0.1) is 0 Å². The molecule has 0 spiro atoms. The van der Waals surface area contributed by atoms with E-state index >= 15 is 0 Å². The standard InChI is InChI=1S/C22H27N5O4/c1-26-12-18-19(13-26)24-20(25-21(18)27-10-16-6-7-17(11-27)31-16)14-2-4-15(5-3-14)23-22(29)30-9-8-28/h2-5,16-17,28H,6-13H2,1H3,(H,23,29). The molecule has 2 N–H and O–H groups in total.